The van der Waals surface area contributed by atoms with Crippen LogP contribution in [0.4, 0.5) is 5.00 Å². The molecule has 0 aliphatic heterocycles. The van der Waals surface area contributed by atoms with Crippen molar-refractivity contribution in [2.75, 3.05) is 11.9 Å². The fourth-order valence-electron chi connectivity index (χ4n) is 4.30. The molecular formula is C26H26N4O3S. The zero-order valence-corrected chi connectivity index (χ0v) is 20.1. The minimum atomic E-state index is -0.365. The summed E-state index contributed by atoms with van der Waals surface area (Å²) >= 11 is 1.48. The molecule has 0 saturated heterocycles. The van der Waals surface area contributed by atoms with Gasteiger partial charge in [-0.25, -0.2) is 14.3 Å². The number of carbonyl (C=O) groups is 2. The van der Waals surface area contributed by atoms with Crippen molar-refractivity contribution >= 4 is 33.9 Å². The Morgan fingerprint density at radius 3 is 2.74 bits per heavy atom. The third kappa shape index (κ3) is 4.09. The number of aryl methyl sites for hydroxylation is 2. The number of amides is 1. The first-order valence-electron chi connectivity index (χ1n) is 11.6. The maximum Gasteiger partial charge on any atom is 0.341 e. The van der Waals surface area contributed by atoms with Crippen molar-refractivity contribution < 1.29 is 14.3 Å². The summed E-state index contributed by atoms with van der Waals surface area (Å²) in [4.78, 5) is 31.8. The van der Waals surface area contributed by atoms with Crippen molar-refractivity contribution in [3.8, 4) is 11.3 Å². The lowest BCUT2D eigenvalue weighted by molar-refractivity contribution is 0.0505. The van der Waals surface area contributed by atoms with Crippen LogP contribution < -0.4 is 5.32 Å². The van der Waals surface area contributed by atoms with E-state index in [1.165, 1.54) is 23.1 Å². The maximum atomic E-state index is 13.3. The zero-order valence-electron chi connectivity index (χ0n) is 19.3. The second-order valence-corrected chi connectivity index (χ2v) is 9.60. The van der Waals surface area contributed by atoms with E-state index >= 15 is 0 Å². The second kappa shape index (κ2) is 9.38. The SMILES string of the molecule is CCCOC(=O)c1c(NC(=O)c2cnn3c(-c4ccc(C)cc4)ccnc23)sc2c1CCCC2. The number of aromatic nitrogens is 3. The Bertz CT molecular complexity index is 1370. The van der Waals surface area contributed by atoms with E-state index in [9.17, 15) is 9.59 Å². The van der Waals surface area contributed by atoms with Gasteiger partial charge in [0.05, 0.1) is 24.1 Å². The van der Waals surface area contributed by atoms with Crippen molar-refractivity contribution in [3.05, 3.63) is 69.9 Å². The number of anilines is 1. The zero-order chi connectivity index (χ0) is 23.7. The molecule has 1 aliphatic rings. The number of ether oxygens (including phenoxy) is 1. The lowest BCUT2D eigenvalue weighted by atomic mass is 9.95. The van der Waals surface area contributed by atoms with Gasteiger partial charge in [0.1, 0.15) is 10.6 Å². The molecule has 3 heterocycles. The Morgan fingerprint density at radius 2 is 1.94 bits per heavy atom. The van der Waals surface area contributed by atoms with Gasteiger partial charge in [-0.1, -0.05) is 36.8 Å². The largest absolute Gasteiger partial charge is 0.462 e. The van der Waals surface area contributed by atoms with Crippen LogP contribution in [0.15, 0.2) is 42.7 Å². The van der Waals surface area contributed by atoms with Crippen LogP contribution in [-0.4, -0.2) is 33.1 Å². The van der Waals surface area contributed by atoms with Gasteiger partial charge in [-0.05, 0) is 50.7 Å². The normalized spacial score (nSPS) is 13.0. The summed E-state index contributed by atoms with van der Waals surface area (Å²) in [6.45, 7) is 4.36. The molecule has 0 radical (unpaired) electrons. The van der Waals surface area contributed by atoms with Gasteiger partial charge in [0.15, 0.2) is 5.65 Å². The van der Waals surface area contributed by atoms with Gasteiger partial charge in [0, 0.05) is 16.6 Å². The molecule has 0 atom stereocenters. The minimum Gasteiger partial charge on any atom is -0.462 e. The molecule has 3 aromatic heterocycles. The standard InChI is InChI=1S/C26H26N4O3S/c1-3-14-33-26(32)22-18-6-4-5-7-21(18)34-25(22)29-24(31)19-15-28-30-20(12-13-27-23(19)30)17-10-8-16(2)9-11-17/h8-13,15H,3-7,14H2,1-2H3,(H,29,31). The molecule has 1 aliphatic carbocycles. The van der Waals surface area contributed by atoms with Crippen LogP contribution in [0.25, 0.3) is 16.9 Å². The lowest BCUT2D eigenvalue weighted by Gasteiger charge is -2.12. The second-order valence-electron chi connectivity index (χ2n) is 8.49. The van der Waals surface area contributed by atoms with Crippen LogP contribution in [0.1, 0.15) is 62.9 Å². The molecule has 1 N–H and O–H groups in total. The molecule has 1 aromatic carbocycles. The van der Waals surface area contributed by atoms with Crippen LogP contribution in [0.3, 0.4) is 0 Å². The van der Waals surface area contributed by atoms with Crippen molar-refractivity contribution in [2.24, 2.45) is 0 Å². The van der Waals surface area contributed by atoms with E-state index in [2.05, 4.69) is 15.4 Å². The predicted octanol–water partition coefficient (Wildman–Crippen LogP) is 5.46. The van der Waals surface area contributed by atoms with Crippen LogP contribution in [0.2, 0.25) is 0 Å². The number of nitrogens with zero attached hydrogens (tertiary/aromatic N) is 3. The summed E-state index contributed by atoms with van der Waals surface area (Å²) in [5.41, 5.74) is 5.35. The summed E-state index contributed by atoms with van der Waals surface area (Å²) in [5.74, 6) is -0.706. The smallest absolute Gasteiger partial charge is 0.341 e. The Labute approximate surface area is 201 Å². The number of nitrogens with one attached hydrogen (secondary N) is 1. The molecular weight excluding hydrogens is 448 g/mol. The highest BCUT2D eigenvalue weighted by molar-refractivity contribution is 7.17. The average Bonchev–Trinajstić information content (AvgIpc) is 3.44. The van der Waals surface area contributed by atoms with Gasteiger partial charge in [-0.2, -0.15) is 5.10 Å². The van der Waals surface area contributed by atoms with Gasteiger partial charge in [0.25, 0.3) is 5.91 Å². The minimum absolute atomic E-state index is 0.341. The van der Waals surface area contributed by atoms with Crippen molar-refractivity contribution in [1.82, 2.24) is 14.6 Å². The molecule has 0 spiro atoms. The lowest BCUT2D eigenvalue weighted by Crippen LogP contribution is -2.16. The molecule has 1 amide bonds. The predicted molar refractivity (Wildman–Crippen MR) is 133 cm³/mol. The maximum absolute atomic E-state index is 13.3. The first-order chi connectivity index (χ1) is 16.6. The van der Waals surface area contributed by atoms with Crippen LogP contribution in [0.5, 0.6) is 0 Å². The van der Waals surface area contributed by atoms with Crippen molar-refractivity contribution in [2.45, 2.75) is 46.0 Å². The van der Waals surface area contributed by atoms with E-state index in [1.54, 1.807) is 10.7 Å². The van der Waals surface area contributed by atoms with Gasteiger partial charge in [0.2, 0.25) is 0 Å². The Balaban J connectivity index is 1.49. The molecule has 8 heteroatoms. The van der Waals surface area contributed by atoms with Gasteiger partial charge in [-0.15, -0.1) is 11.3 Å². The van der Waals surface area contributed by atoms with Gasteiger partial charge < -0.3 is 10.1 Å². The number of hydrogen-bond donors (Lipinski definition) is 1. The third-order valence-corrected chi connectivity index (χ3v) is 7.24. The molecule has 0 saturated carbocycles. The topological polar surface area (TPSA) is 85.6 Å². The molecule has 0 fully saturated rings. The van der Waals surface area contributed by atoms with Crippen molar-refractivity contribution in [1.29, 1.82) is 0 Å². The Hall–Kier alpha value is -3.52. The number of thiophene rings is 1. The quantitative estimate of drug-likeness (QED) is 0.375. The molecule has 4 aromatic rings. The summed E-state index contributed by atoms with van der Waals surface area (Å²) in [6.07, 6.45) is 7.82. The van der Waals surface area contributed by atoms with E-state index in [4.69, 9.17) is 4.74 Å². The number of fused-ring (bicyclic) bond motifs is 2. The van der Waals surface area contributed by atoms with Crippen molar-refractivity contribution in [3.63, 3.8) is 0 Å². The fourth-order valence-corrected chi connectivity index (χ4v) is 5.57. The van der Waals surface area contributed by atoms with Gasteiger partial charge in [-0.3, -0.25) is 4.79 Å². The highest BCUT2D eigenvalue weighted by Crippen LogP contribution is 2.39. The molecule has 34 heavy (non-hydrogen) atoms. The van der Waals surface area contributed by atoms with E-state index < -0.39 is 0 Å². The highest BCUT2D eigenvalue weighted by atomic mass is 32.1. The average molecular weight is 475 g/mol. The van der Waals surface area contributed by atoms with Crippen LogP contribution in [-0.2, 0) is 17.6 Å². The molecule has 174 valence electrons. The van der Waals surface area contributed by atoms with E-state index in [-0.39, 0.29) is 11.9 Å². The number of benzene rings is 1. The number of esters is 1. The summed E-state index contributed by atoms with van der Waals surface area (Å²) in [6, 6.07) is 10.0. The molecule has 0 bridgehead atoms. The van der Waals surface area contributed by atoms with E-state index in [1.807, 2.05) is 44.2 Å². The number of rotatable bonds is 6. The fraction of sp³-hybridized carbons (Fsp3) is 0.308. The monoisotopic (exact) mass is 474 g/mol. The first-order valence-corrected chi connectivity index (χ1v) is 12.4. The summed E-state index contributed by atoms with van der Waals surface area (Å²) in [5, 5.41) is 7.97. The van der Waals surface area contributed by atoms with Gasteiger partial charge >= 0.3 is 5.97 Å². The Morgan fingerprint density at radius 1 is 1.15 bits per heavy atom. The highest BCUT2D eigenvalue weighted by Gasteiger charge is 2.28. The van der Waals surface area contributed by atoms with E-state index in [0.29, 0.717) is 28.4 Å². The number of carbonyl (C=O) groups excluding carboxylic acids is 2. The number of hydrogen-bond acceptors (Lipinski definition) is 6. The first kappa shape index (κ1) is 22.3. The third-order valence-electron chi connectivity index (χ3n) is 6.03. The van der Waals surface area contributed by atoms with Crippen LogP contribution >= 0.6 is 11.3 Å². The summed E-state index contributed by atoms with van der Waals surface area (Å²) in [7, 11) is 0. The molecule has 5 rings (SSSR count). The molecule has 0 unspecified atom stereocenters. The van der Waals surface area contributed by atoms with E-state index in [0.717, 1.165) is 53.8 Å². The van der Waals surface area contributed by atoms with Crippen LogP contribution in [0, 0.1) is 6.92 Å². The molecule has 7 nitrogen and oxygen atoms in total. The Kier molecular flexibility index (Phi) is 6.15. The summed E-state index contributed by atoms with van der Waals surface area (Å²) < 4.78 is 7.12.